The van der Waals surface area contributed by atoms with Crippen LogP contribution in [0.1, 0.15) is 22.8 Å². The van der Waals surface area contributed by atoms with Gasteiger partial charge in [-0.05, 0) is 85.0 Å². The summed E-state index contributed by atoms with van der Waals surface area (Å²) in [6.07, 6.45) is 8.05. The molecular formula is C26H20BiN4O. The molecule has 3 aromatic heterocycles. The second-order valence-corrected chi connectivity index (χ2v) is 7.24. The van der Waals surface area contributed by atoms with Crippen molar-refractivity contribution in [1.82, 2.24) is 19.9 Å². The molecule has 0 atom stereocenters. The first kappa shape index (κ1) is 21.7. The molecule has 0 saturated heterocycles. The third kappa shape index (κ3) is 5.40. The molecule has 2 aliphatic rings. The molecule has 0 amide bonds. The number of para-hydroxylation sites is 1. The smallest absolute Gasteiger partial charge is 0.115 e. The molecule has 6 rings (SSSR count). The van der Waals surface area contributed by atoms with Crippen LogP contribution in [0.15, 0.2) is 78.9 Å². The van der Waals surface area contributed by atoms with Crippen molar-refractivity contribution in [2.24, 2.45) is 0 Å². The average Bonchev–Trinajstić information content (AvgIpc) is 3.55. The van der Waals surface area contributed by atoms with Gasteiger partial charge >= 0.3 is 0 Å². The van der Waals surface area contributed by atoms with Crippen molar-refractivity contribution in [3.05, 3.63) is 102 Å². The van der Waals surface area contributed by atoms with Crippen LogP contribution in [0.4, 0.5) is 0 Å². The average molecular weight is 613 g/mol. The Morgan fingerprint density at radius 2 is 0.906 bits per heavy atom. The van der Waals surface area contributed by atoms with Gasteiger partial charge < -0.3 is 15.1 Å². The minimum Gasteiger partial charge on any atom is -0.508 e. The van der Waals surface area contributed by atoms with Gasteiger partial charge in [0.1, 0.15) is 5.75 Å². The Kier molecular flexibility index (Phi) is 6.62. The maximum Gasteiger partial charge on any atom is 0.115 e. The number of benzene rings is 1. The molecule has 0 saturated carbocycles. The van der Waals surface area contributed by atoms with E-state index in [1.807, 2.05) is 48.6 Å². The van der Waals surface area contributed by atoms with E-state index in [0.717, 1.165) is 44.8 Å². The Morgan fingerprint density at radius 3 is 1.31 bits per heavy atom. The molecule has 3 radical (unpaired) electrons. The molecule has 2 aliphatic heterocycles. The van der Waals surface area contributed by atoms with E-state index in [4.69, 9.17) is 5.11 Å². The second kappa shape index (κ2) is 9.75. The van der Waals surface area contributed by atoms with Crippen molar-refractivity contribution in [3.63, 3.8) is 0 Å². The number of aromatic hydroxyl groups is 1. The van der Waals surface area contributed by atoms with Gasteiger partial charge in [-0.1, -0.05) is 18.2 Å². The molecule has 0 aliphatic carbocycles. The van der Waals surface area contributed by atoms with E-state index in [-0.39, 0.29) is 26.2 Å². The first-order valence-electron chi connectivity index (χ1n) is 9.98. The van der Waals surface area contributed by atoms with Crippen molar-refractivity contribution in [3.8, 4) is 5.75 Å². The van der Waals surface area contributed by atoms with Crippen LogP contribution in [-0.2, 0) is 0 Å². The minimum absolute atomic E-state index is 0. The van der Waals surface area contributed by atoms with Gasteiger partial charge in [-0.2, -0.15) is 0 Å². The Morgan fingerprint density at radius 1 is 0.500 bits per heavy atom. The van der Waals surface area contributed by atoms with Crippen molar-refractivity contribution >= 4 is 72.6 Å². The van der Waals surface area contributed by atoms with E-state index in [2.05, 4.69) is 50.3 Å². The zero-order valence-corrected chi connectivity index (χ0v) is 20.6. The Bertz CT molecular complexity index is 1360. The zero-order chi connectivity index (χ0) is 21.0. The van der Waals surface area contributed by atoms with Crippen LogP contribution in [0.2, 0.25) is 0 Å². The molecule has 5 nitrogen and oxygen atoms in total. The predicted molar refractivity (Wildman–Crippen MR) is 133 cm³/mol. The minimum atomic E-state index is 0. The van der Waals surface area contributed by atoms with Crippen molar-refractivity contribution < 1.29 is 5.11 Å². The second-order valence-electron chi connectivity index (χ2n) is 7.24. The molecule has 0 fully saturated rings. The van der Waals surface area contributed by atoms with E-state index in [9.17, 15) is 0 Å². The van der Waals surface area contributed by atoms with Gasteiger partial charge in [-0.25, -0.2) is 9.97 Å². The molecule has 3 N–H and O–H groups in total. The predicted octanol–water partition coefficient (Wildman–Crippen LogP) is 5.67. The number of nitrogens with zero attached hydrogens (tertiary/aromatic N) is 2. The molecule has 0 unspecified atom stereocenters. The number of rotatable bonds is 0. The Labute approximate surface area is 204 Å². The van der Waals surface area contributed by atoms with Crippen LogP contribution in [0, 0.1) is 0 Å². The normalized spacial score (nSPS) is 11.4. The maximum atomic E-state index is 8.63. The fraction of sp³-hybridized carbons (Fsp3) is 0. The Balaban J connectivity index is 0.000000265. The summed E-state index contributed by atoms with van der Waals surface area (Å²) in [6.45, 7) is 0. The summed E-state index contributed by atoms with van der Waals surface area (Å²) in [5.74, 6) is 0.322. The maximum absolute atomic E-state index is 8.63. The number of H-pyrrole nitrogens is 2. The summed E-state index contributed by atoms with van der Waals surface area (Å²) in [7, 11) is 0. The van der Waals surface area contributed by atoms with Crippen LogP contribution in [0.5, 0.6) is 5.75 Å². The van der Waals surface area contributed by atoms with Gasteiger partial charge in [-0.3, -0.25) is 0 Å². The van der Waals surface area contributed by atoms with Crippen molar-refractivity contribution in [2.75, 3.05) is 0 Å². The number of hydrogen-bond acceptors (Lipinski definition) is 3. The molecule has 5 heterocycles. The summed E-state index contributed by atoms with van der Waals surface area (Å²) < 4.78 is 0. The summed E-state index contributed by atoms with van der Waals surface area (Å²) in [5.41, 5.74) is 7.86. The van der Waals surface area contributed by atoms with E-state index >= 15 is 0 Å². The van der Waals surface area contributed by atoms with Crippen LogP contribution in [0.3, 0.4) is 0 Å². The van der Waals surface area contributed by atoms with Crippen LogP contribution in [0.25, 0.3) is 46.4 Å². The van der Waals surface area contributed by atoms with Gasteiger partial charge in [0, 0.05) is 48.3 Å². The van der Waals surface area contributed by atoms with Gasteiger partial charge in [-0.15, -0.1) is 0 Å². The van der Waals surface area contributed by atoms with E-state index < -0.39 is 0 Å². The third-order valence-electron chi connectivity index (χ3n) is 4.80. The quantitative estimate of drug-likeness (QED) is 0.194. The molecule has 0 spiro atoms. The van der Waals surface area contributed by atoms with E-state index in [1.54, 1.807) is 24.3 Å². The molecule has 4 aromatic rings. The summed E-state index contributed by atoms with van der Waals surface area (Å²) in [4.78, 5) is 16.0. The van der Waals surface area contributed by atoms with Crippen LogP contribution in [-0.4, -0.2) is 51.2 Å². The Hall–Kier alpha value is -3.50. The number of aromatic nitrogens is 4. The first-order chi connectivity index (χ1) is 15.2. The first-order valence-corrected chi connectivity index (χ1v) is 9.98. The molecule has 6 heteroatoms. The van der Waals surface area contributed by atoms with Gasteiger partial charge in [0.2, 0.25) is 0 Å². The van der Waals surface area contributed by atoms with Crippen LogP contribution < -0.4 is 0 Å². The fourth-order valence-corrected chi connectivity index (χ4v) is 3.37. The fourth-order valence-electron chi connectivity index (χ4n) is 3.37. The molecule has 1 aromatic carbocycles. The van der Waals surface area contributed by atoms with Crippen LogP contribution >= 0.6 is 0 Å². The monoisotopic (exact) mass is 613 g/mol. The topological polar surface area (TPSA) is 77.6 Å². The third-order valence-corrected chi connectivity index (χ3v) is 4.80. The molecule has 8 bridgehead atoms. The van der Waals surface area contributed by atoms with Gasteiger partial charge in [0.05, 0.1) is 22.8 Å². The number of phenols is 1. The zero-order valence-electron chi connectivity index (χ0n) is 17.1. The SMILES string of the molecule is C1=Cc2cc3ccc(cc4ccc(cc5nc(cc1n2)C=C5)[nH]4)[nH]3.Oc1ccccc1.[Bi]. The summed E-state index contributed by atoms with van der Waals surface area (Å²) in [5, 5.41) is 8.63. The number of hydrogen-bond donors (Lipinski definition) is 3. The number of aromatic amines is 2. The van der Waals surface area contributed by atoms with Gasteiger partial charge in [0.15, 0.2) is 0 Å². The van der Waals surface area contributed by atoms with Crippen molar-refractivity contribution in [2.45, 2.75) is 0 Å². The molecule has 32 heavy (non-hydrogen) atoms. The van der Waals surface area contributed by atoms with E-state index in [0.29, 0.717) is 5.75 Å². The van der Waals surface area contributed by atoms with Gasteiger partial charge in [0.25, 0.3) is 0 Å². The summed E-state index contributed by atoms with van der Waals surface area (Å²) >= 11 is 0. The number of nitrogens with one attached hydrogen (secondary N) is 2. The van der Waals surface area contributed by atoms with E-state index in [1.165, 1.54) is 0 Å². The standard InChI is InChI=1S/C20H14N4.C6H6O.Bi/c1-2-14-10-16-5-6-18(23-16)12-20-8-7-19(24-20)11-17-4-3-15(22-17)9-13(1)21-14;7-6-4-2-1-3-5-6;/h1-12,21-22H;1-5,7H;. The largest absolute Gasteiger partial charge is 0.508 e. The summed E-state index contributed by atoms with van der Waals surface area (Å²) in [6, 6.07) is 25.1. The number of fused-ring (bicyclic) bond motifs is 8. The van der Waals surface area contributed by atoms with Crippen molar-refractivity contribution in [1.29, 1.82) is 0 Å². The number of phenolic OH excluding ortho intramolecular Hbond substituents is 1. The molecule has 155 valence electrons. The molecular weight excluding hydrogens is 593 g/mol.